The Morgan fingerprint density at radius 3 is 2.43 bits per heavy atom. The zero-order valence-corrected chi connectivity index (χ0v) is 12.9. The molecule has 0 fully saturated rings. The van der Waals surface area contributed by atoms with Gasteiger partial charge in [-0.05, 0) is 36.7 Å². The maximum Gasteiger partial charge on any atom is 0.127 e. The van der Waals surface area contributed by atoms with Crippen LogP contribution >= 0.6 is 0 Å². The van der Waals surface area contributed by atoms with E-state index in [1.54, 1.807) is 12.3 Å². The highest BCUT2D eigenvalue weighted by Gasteiger charge is 2.16. The third-order valence-electron chi connectivity index (χ3n) is 3.97. The van der Waals surface area contributed by atoms with Crippen LogP contribution in [-0.4, -0.2) is 6.54 Å². The number of benzene rings is 2. The fraction of sp³-hybridized carbons (Fsp3) is 0.200. The van der Waals surface area contributed by atoms with Crippen LogP contribution < -0.4 is 5.32 Å². The minimum Gasteiger partial charge on any atom is -0.469 e. The Morgan fingerprint density at radius 1 is 0.913 bits per heavy atom. The number of furan rings is 1. The van der Waals surface area contributed by atoms with Crippen molar-refractivity contribution >= 4 is 0 Å². The van der Waals surface area contributed by atoms with Gasteiger partial charge in [0.25, 0.3) is 0 Å². The molecule has 0 bridgehead atoms. The summed E-state index contributed by atoms with van der Waals surface area (Å²) in [5, 5.41) is 3.32. The molecule has 3 heteroatoms. The van der Waals surface area contributed by atoms with Crippen molar-refractivity contribution in [2.24, 2.45) is 0 Å². The molecule has 2 aromatic carbocycles. The van der Waals surface area contributed by atoms with Gasteiger partial charge in [0.05, 0.1) is 6.26 Å². The third-order valence-corrected chi connectivity index (χ3v) is 3.97. The smallest absolute Gasteiger partial charge is 0.127 e. The highest BCUT2D eigenvalue weighted by molar-refractivity contribution is 5.27. The van der Waals surface area contributed by atoms with E-state index in [4.69, 9.17) is 4.42 Å². The number of rotatable bonds is 7. The summed E-state index contributed by atoms with van der Waals surface area (Å²) in [6.45, 7) is 1.32. The van der Waals surface area contributed by atoms with Crippen LogP contribution in [0.3, 0.4) is 0 Å². The first-order chi connectivity index (χ1) is 11.3. The Labute approximate surface area is 136 Å². The first-order valence-corrected chi connectivity index (χ1v) is 7.87. The van der Waals surface area contributed by atoms with Gasteiger partial charge < -0.3 is 9.73 Å². The van der Waals surface area contributed by atoms with Gasteiger partial charge in [-0.2, -0.15) is 0 Å². The van der Waals surface area contributed by atoms with Crippen molar-refractivity contribution in [2.75, 3.05) is 6.54 Å². The van der Waals surface area contributed by atoms with E-state index in [1.807, 2.05) is 42.5 Å². The van der Waals surface area contributed by atoms with Crippen LogP contribution in [0.2, 0.25) is 0 Å². The lowest BCUT2D eigenvalue weighted by Gasteiger charge is -2.15. The lowest BCUT2D eigenvalue weighted by Crippen LogP contribution is -2.18. The molecule has 1 N–H and O–H groups in total. The standard InChI is InChI=1S/C20H20FNO/c21-19-10-5-4-9-17(19)15-22-13-12-18(20-11-6-14-23-20)16-7-2-1-3-8-16/h1-11,14,18,22H,12-13,15H2. The van der Waals surface area contributed by atoms with Crippen LogP contribution in [0.4, 0.5) is 4.39 Å². The summed E-state index contributed by atoms with van der Waals surface area (Å²) in [7, 11) is 0. The summed E-state index contributed by atoms with van der Waals surface area (Å²) in [6.07, 6.45) is 2.60. The molecule has 0 radical (unpaired) electrons. The maximum atomic E-state index is 13.6. The lowest BCUT2D eigenvalue weighted by atomic mass is 9.93. The van der Waals surface area contributed by atoms with Gasteiger partial charge in [-0.15, -0.1) is 0 Å². The van der Waals surface area contributed by atoms with E-state index >= 15 is 0 Å². The molecule has 0 saturated carbocycles. The normalized spacial score (nSPS) is 12.2. The van der Waals surface area contributed by atoms with Crippen LogP contribution in [-0.2, 0) is 6.54 Å². The second-order valence-electron chi connectivity index (χ2n) is 5.54. The second kappa shape index (κ2) is 7.75. The number of halogens is 1. The average molecular weight is 309 g/mol. The molecule has 3 aromatic rings. The van der Waals surface area contributed by atoms with E-state index in [2.05, 4.69) is 17.4 Å². The first-order valence-electron chi connectivity index (χ1n) is 7.87. The summed E-state index contributed by atoms with van der Waals surface area (Å²) < 4.78 is 19.2. The Bertz CT molecular complexity index is 710. The van der Waals surface area contributed by atoms with Gasteiger partial charge in [0.1, 0.15) is 11.6 Å². The van der Waals surface area contributed by atoms with Gasteiger partial charge in [-0.25, -0.2) is 4.39 Å². The molecule has 0 aliphatic rings. The summed E-state index contributed by atoms with van der Waals surface area (Å²) >= 11 is 0. The fourth-order valence-corrected chi connectivity index (χ4v) is 2.76. The monoisotopic (exact) mass is 309 g/mol. The molecule has 0 spiro atoms. The second-order valence-corrected chi connectivity index (χ2v) is 5.54. The average Bonchev–Trinajstić information content (AvgIpc) is 3.11. The molecule has 23 heavy (non-hydrogen) atoms. The van der Waals surface area contributed by atoms with Crippen LogP contribution in [0.15, 0.2) is 77.4 Å². The van der Waals surface area contributed by atoms with E-state index in [0.717, 1.165) is 18.7 Å². The van der Waals surface area contributed by atoms with Gasteiger partial charge in [0.2, 0.25) is 0 Å². The van der Waals surface area contributed by atoms with Crippen molar-refractivity contribution in [1.29, 1.82) is 0 Å². The molecular weight excluding hydrogens is 289 g/mol. The molecule has 0 aliphatic carbocycles. The molecule has 0 saturated heterocycles. The van der Waals surface area contributed by atoms with E-state index in [-0.39, 0.29) is 11.7 Å². The van der Waals surface area contributed by atoms with Gasteiger partial charge in [-0.3, -0.25) is 0 Å². The van der Waals surface area contributed by atoms with Crippen LogP contribution in [0.25, 0.3) is 0 Å². The third kappa shape index (κ3) is 4.08. The quantitative estimate of drug-likeness (QED) is 0.638. The molecule has 1 unspecified atom stereocenters. The van der Waals surface area contributed by atoms with Crippen molar-refractivity contribution in [2.45, 2.75) is 18.9 Å². The SMILES string of the molecule is Fc1ccccc1CNCCC(c1ccccc1)c1ccco1. The largest absolute Gasteiger partial charge is 0.469 e. The minimum absolute atomic E-state index is 0.161. The molecule has 0 amide bonds. The highest BCUT2D eigenvalue weighted by Crippen LogP contribution is 2.27. The van der Waals surface area contributed by atoms with Crippen molar-refractivity contribution in [3.63, 3.8) is 0 Å². The van der Waals surface area contributed by atoms with E-state index in [0.29, 0.717) is 12.1 Å². The van der Waals surface area contributed by atoms with Crippen LogP contribution in [0.1, 0.15) is 29.2 Å². The lowest BCUT2D eigenvalue weighted by molar-refractivity contribution is 0.465. The number of hydrogen-bond donors (Lipinski definition) is 1. The van der Waals surface area contributed by atoms with Gasteiger partial charge >= 0.3 is 0 Å². The summed E-state index contributed by atoms with van der Waals surface area (Å²) in [4.78, 5) is 0. The van der Waals surface area contributed by atoms with Crippen LogP contribution in [0, 0.1) is 5.82 Å². The zero-order chi connectivity index (χ0) is 15.9. The number of hydrogen-bond acceptors (Lipinski definition) is 2. The first kappa shape index (κ1) is 15.5. The van der Waals surface area contributed by atoms with E-state index in [1.165, 1.54) is 11.6 Å². The Balaban J connectivity index is 1.61. The molecule has 2 nitrogen and oxygen atoms in total. The zero-order valence-electron chi connectivity index (χ0n) is 12.9. The van der Waals surface area contributed by atoms with Gasteiger partial charge in [0.15, 0.2) is 0 Å². The molecule has 1 aromatic heterocycles. The number of nitrogens with one attached hydrogen (secondary N) is 1. The molecule has 3 rings (SSSR count). The van der Waals surface area contributed by atoms with Crippen molar-refractivity contribution in [3.05, 3.63) is 95.7 Å². The van der Waals surface area contributed by atoms with Gasteiger partial charge in [-0.1, -0.05) is 48.5 Å². The molecular formula is C20H20FNO. The van der Waals surface area contributed by atoms with E-state index < -0.39 is 0 Å². The topological polar surface area (TPSA) is 25.2 Å². The minimum atomic E-state index is -0.161. The Hall–Kier alpha value is -2.39. The summed E-state index contributed by atoms with van der Waals surface area (Å²) in [5.74, 6) is 1.01. The fourth-order valence-electron chi connectivity index (χ4n) is 2.76. The molecule has 118 valence electrons. The molecule has 1 atom stereocenters. The highest BCUT2D eigenvalue weighted by atomic mass is 19.1. The Kier molecular flexibility index (Phi) is 5.22. The van der Waals surface area contributed by atoms with Crippen molar-refractivity contribution in [1.82, 2.24) is 5.32 Å². The van der Waals surface area contributed by atoms with Gasteiger partial charge in [0, 0.05) is 18.0 Å². The van der Waals surface area contributed by atoms with Crippen LogP contribution in [0.5, 0.6) is 0 Å². The predicted molar refractivity (Wildman–Crippen MR) is 89.7 cm³/mol. The van der Waals surface area contributed by atoms with Crippen molar-refractivity contribution in [3.8, 4) is 0 Å². The predicted octanol–water partition coefficient (Wildman–Crippen LogP) is 4.73. The maximum absolute atomic E-state index is 13.6. The summed E-state index contributed by atoms with van der Waals surface area (Å²) in [5.41, 5.74) is 1.93. The Morgan fingerprint density at radius 2 is 1.70 bits per heavy atom. The summed E-state index contributed by atoms with van der Waals surface area (Å²) in [6, 6.07) is 21.1. The van der Waals surface area contributed by atoms with E-state index in [9.17, 15) is 4.39 Å². The molecule has 0 aliphatic heterocycles. The van der Waals surface area contributed by atoms with Crippen molar-refractivity contribution < 1.29 is 8.81 Å². The molecule has 1 heterocycles.